The van der Waals surface area contributed by atoms with Gasteiger partial charge in [-0.05, 0) is 55.3 Å². The number of halogens is 2. The third-order valence-electron chi connectivity index (χ3n) is 4.83. The van der Waals surface area contributed by atoms with Crippen LogP contribution in [0.2, 0.25) is 10.0 Å². The summed E-state index contributed by atoms with van der Waals surface area (Å²) in [5, 5.41) is 21.6. The number of aromatic nitrogens is 2. The Morgan fingerprint density at radius 2 is 1.68 bits per heavy atom. The van der Waals surface area contributed by atoms with Crippen molar-refractivity contribution in [3.63, 3.8) is 0 Å². The Labute approximate surface area is 204 Å². The fourth-order valence-electron chi connectivity index (χ4n) is 3.39. The molecule has 2 N–H and O–H groups in total. The highest BCUT2D eigenvalue weighted by Gasteiger charge is 2.16. The van der Waals surface area contributed by atoms with Gasteiger partial charge in [0.1, 0.15) is 17.2 Å². The van der Waals surface area contributed by atoms with Crippen molar-refractivity contribution in [2.45, 2.75) is 13.8 Å². The number of nitro groups is 1. The van der Waals surface area contributed by atoms with E-state index in [0.29, 0.717) is 27.1 Å². The van der Waals surface area contributed by atoms with Crippen molar-refractivity contribution in [3.8, 4) is 22.8 Å². The predicted octanol–water partition coefficient (Wildman–Crippen LogP) is 6.95. The predicted molar refractivity (Wildman–Crippen MR) is 131 cm³/mol. The van der Waals surface area contributed by atoms with Gasteiger partial charge in [0, 0.05) is 17.7 Å². The first-order chi connectivity index (χ1) is 16.2. The molecule has 8 nitrogen and oxygen atoms in total. The molecule has 0 saturated carbocycles. The second-order valence-corrected chi connectivity index (χ2v) is 8.46. The third kappa shape index (κ3) is 5.36. The molecule has 0 aliphatic heterocycles. The number of amides is 1. The van der Waals surface area contributed by atoms with E-state index in [2.05, 4.69) is 15.5 Å². The number of ether oxygens (including phenoxy) is 1. The number of hydrogen-bond donors (Lipinski definition) is 2. The standard InChI is InChI=1S/C24H18Cl2N4O4/c1-13-5-14(2)7-18(6-13)34-19-10-16(9-17(11-19)30(32)33)27-24(31)23-12-22(28-29-23)15-3-4-20(25)21(26)8-15/h3-12H,1-2H3,(H,27,31)(H,28,29). The number of nitrogens with zero attached hydrogens (tertiary/aromatic N) is 2. The maximum absolute atomic E-state index is 12.8. The van der Waals surface area contributed by atoms with E-state index >= 15 is 0 Å². The Bertz CT molecular complexity index is 1400. The van der Waals surface area contributed by atoms with E-state index in [1.807, 2.05) is 32.0 Å². The number of non-ortho nitro benzene ring substituents is 1. The van der Waals surface area contributed by atoms with Crippen LogP contribution in [0.3, 0.4) is 0 Å². The molecule has 0 atom stereocenters. The van der Waals surface area contributed by atoms with Crippen LogP contribution < -0.4 is 10.1 Å². The summed E-state index contributed by atoms with van der Waals surface area (Å²) < 4.78 is 5.84. The van der Waals surface area contributed by atoms with Crippen LogP contribution in [0.4, 0.5) is 11.4 Å². The lowest BCUT2D eigenvalue weighted by molar-refractivity contribution is -0.384. The third-order valence-corrected chi connectivity index (χ3v) is 5.57. The molecule has 0 bridgehead atoms. The highest BCUT2D eigenvalue weighted by Crippen LogP contribution is 2.31. The first-order valence-corrected chi connectivity index (χ1v) is 10.8. The number of carbonyl (C=O) groups is 1. The van der Waals surface area contributed by atoms with Crippen LogP contribution in [0.1, 0.15) is 21.6 Å². The molecule has 0 saturated heterocycles. The van der Waals surface area contributed by atoms with Crippen LogP contribution in [-0.4, -0.2) is 21.0 Å². The zero-order valence-corrected chi connectivity index (χ0v) is 19.6. The minimum Gasteiger partial charge on any atom is -0.457 e. The molecule has 0 unspecified atom stereocenters. The van der Waals surface area contributed by atoms with Gasteiger partial charge in [0.15, 0.2) is 0 Å². The van der Waals surface area contributed by atoms with Crippen molar-refractivity contribution in [2.75, 3.05) is 5.32 Å². The van der Waals surface area contributed by atoms with Gasteiger partial charge in [0.05, 0.1) is 32.4 Å². The zero-order chi connectivity index (χ0) is 24.4. The van der Waals surface area contributed by atoms with E-state index in [4.69, 9.17) is 27.9 Å². The van der Waals surface area contributed by atoms with Crippen LogP contribution in [0.5, 0.6) is 11.5 Å². The fourth-order valence-corrected chi connectivity index (χ4v) is 3.69. The fraction of sp³-hybridized carbons (Fsp3) is 0.0833. The topological polar surface area (TPSA) is 110 Å². The number of H-pyrrole nitrogens is 1. The summed E-state index contributed by atoms with van der Waals surface area (Å²) in [6.07, 6.45) is 0. The maximum Gasteiger partial charge on any atom is 0.275 e. The first kappa shape index (κ1) is 23.3. The van der Waals surface area contributed by atoms with Gasteiger partial charge in [-0.25, -0.2) is 0 Å². The second kappa shape index (κ2) is 9.54. The van der Waals surface area contributed by atoms with Crippen LogP contribution in [-0.2, 0) is 0 Å². The van der Waals surface area contributed by atoms with Gasteiger partial charge in [-0.1, -0.05) is 35.3 Å². The maximum atomic E-state index is 12.8. The SMILES string of the molecule is Cc1cc(C)cc(Oc2cc(NC(=O)c3cc(-c4ccc(Cl)c(Cl)c4)n[nH]3)cc([N+](=O)[O-])c2)c1. The van der Waals surface area contributed by atoms with Gasteiger partial charge in [-0.3, -0.25) is 20.0 Å². The van der Waals surface area contributed by atoms with Gasteiger partial charge in [-0.15, -0.1) is 0 Å². The van der Waals surface area contributed by atoms with Crippen molar-refractivity contribution >= 4 is 40.5 Å². The van der Waals surface area contributed by atoms with Crippen LogP contribution in [0.15, 0.2) is 60.7 Å². The quantitative estimate of drug-likeness (QED) is 0.221. The molecule has 34 heavy (non-hydrogen) atoms. The van der Waals surface area contributed by atoms with Crippen LogP contribution >= 0.6 is 23.2 Å². The van der Waals surface area contributed by atoms with Gasteiger partial charge >= 0.3 is 0 Å². The lowest BCUT2D eigenvalue weighted by atomic mass is 10.1. The van der Waals surface area contributed by atoms with Crippen molar-refractivity contribution in [3.05, 3.63) is 97.6 Å². The summed E-state index contributed by atoms with van der Waals surface area (Å²) in [6, 6.07) is 16.2. The Morgan fingerprint density at radius 1 is 0.971 bits per heavy atom. The number of nitrogens with one attached hydrogen (secondary N) is 2. The number of aryl methyl sites for hydroxylation is 2. The van der Waals surface area contributed by atoms with Crippen molar-refractivity contribution < 1.29 is 14.5 Å². The van der Waals surface area contributed by atoms with Crippen molar-refractivity contribution in [2.24, 2.45) is 0 Å². The molecule has 172 valence electrons. The normalized spacial score (nSPS) is 10.7. The second-order valence-electron chi connectivity index (χ2n) is 7.65. The van der Waals surface area contributed by atoms with Crippen molar-refractivity contribution in [1.29, 1.82) is 0 Å². The number of nitro benzene ring substituents is 1. The van der Waals surface area contributed by atoms with Crippen LogP contribution in [0, 0.1) is 24.0 Å². The Morgan fingerprint density at radius 3 is 2.35 bits per heavy atom. The monoisotopic (exact) mass is 496 g/mol. The molecule has 3 aromatic carbocycles. The minimum absolute atomic E-state index is 0.157. The zero-order valence-electron chi connectivity index (χ0n) is 18.1. The molecule has 1 amide bonds. The van der Waals surface area contributed by atoms with E-state index in [1.54, 1.807) is 24.3 Å². The Balaban J connectivity index is 1.58. The Hall–Kier alpha value is -3.88. The molecule has 4 rings (SSSR count). The summed E-state index contributed by atoms with van der Waals surface area (Å²) in [7, 11) is 0. The molecule has 0 aliphatic carbocycles. The average molecular weight is 497 g/mol. The molecule has 0 spiro atoms. The molecular weight excluding hydrogens is 479 g/mol. The summed E-state index contributed by atoms with van der Waals surface area (Å²) in [6.45, 7) is 3.85. The lowest BCUT2D eigenvalue weighted by Gasteiger charge is -2.10. The van der Waals surface area contributed by atoms with Gasteiger partial charge in [-0.2, -0.15) is 5.10 Å². The number of carbonyl (C=O) groups excluding carboxylic acids is 1. The molecule has 4 aromatic rings. The van der Waals surface area contributed by atoms with Gasteiger partial charge in [0.2, 0.25) is 0 Å². The molecule has 0 fully saturated rings. The summed E-state index contributed by atoms with van der Waals surface area (Å²) in [5.41, 5.74) is 3.27. The van der Waals surface area contributed by atoms with E-state index in [9.17, 15) is 14.9 Å². The number of benzene rings is 3. The number of rotatable bonds is 6. The first-order valence-electron chi connectivity index (χ1n) is 10.1. The molecule has 0 aliphatic rings. The number of aromatic amines is 1. The molecular formula is C24H18Cl2N4O4. The average Bonchev–Trinajstić information content (AvgIpc) is 3.25. The molecule has 10 heteroatoms. The molecule has 0 radical (unpaired) electrons. The lowest BCUT2D eigenvalue weighted by Crippen LogP contribution is -2.12. The highest BCUT2D eigenvalue weighted by molar-refractivity contribution is 6.42. The summed E-state index contributed by atoms with van der Waals surface area (Å²) >= 11 is 12.0. The molecule has 1 heterocycles. The van der Waals surface area contributed by atoms with Crippen molar-refractivity contribution in [1.82, 2.24) is 10.2 Å². The van der Waals surface area contributed by atoms with E-state index in [0.717, 1.165) is 11.1 Å². The summed E-state index contributed by atoms with van der Waals surface area (Å²) in [4.78, 5) is 23.7. The summed E-state index contributed by atoms with van der Waals surface area (Å²) in [5.74, 6) is 0.224. The highest BCUT2D eigenvalue weighted by atomic mass is 35.5. The molecule has 1 aromatic heterocycles. The number of hydrogen-bond acceptors (Lipinski definition) is 5. The Kier molecular flexibility index (Phi) is 6.54. The smallest absolute Gasteiger partial charge is 0.275 e. The largest absolute Gasteiger partial charge is 0.457 e. The van der Waals surface area contributed by atoms with E-state index < -0.39 is 10.8 Å². The number of anilines is 1. The minimum atomic E-state index is -0.553. The van der Waals surface area contributed by atoms with E-state index in [-0.39, 0.29) is 22.8 Å². The van der Waals surface area contributed by atoms with Gasteiger partial charge in [0.25, 0.3) is 11.6 Å². The van der Waals surface area contributed by atoms with Gasteiger partial charge < -0.3 is 10.1 Å². The van der Waals surface area contributed by atoms with Crippen LogP contribution in [0.25, 0.3) is 11.3 Å². The van der Waals surface area contributed by atoms with E-state index in [1.165, 1.54) is 18.2 Å².